The molecule has 1 unspecified atom stereocenters. The molecule has 0 aromatic carbocycles. The third kappa shape index (κ3) is 4.22. The molecule has 1 aromatic heterocycles. The number of hydrogen-bond acceptors (Lipinski definition) is 6. The summed E-state index contributed by atoms with van der Waals surface area (Å²) in [5.74, 6) is 2.02. The van der Waals surface area contributed by atoms with Gasteiger partial charge < -0.3 is 18.9 Å². The maximum atomic E-state index is 11.9. The van der Waals surface area contributed by atoms with Gasteiger partial charge in [0.15, 0.2) is 5.82 Å². The van der Waals surface area contributed by atoms with Gasteiger partial charge in [0.2, 0.25) is 5.89 Å². The zero-order chi connectivity index (χ0) is 16.4. The fraction of sp³-hybridized carbons (Fsp3) is 0.812. The number of carbonyl (C=O) groups is 1. The van der Waals surface area contributed by atoms with Gasteiger partial charge in [0, 0.05) is 38.0 Å². The highest BCUT2D eigenvalue weighted by Gasteiger charge is 2.35. The molecule has 128 valence electrons. The number of nitrogens with zero attached hydrogens (tertiary/aromatic N) is 3. The van der Waals surface area contributed by atoms with E-state index in [4.69, 9.17) is 14.0 Å². The minimum atomic E-state index is -0.453. The maximum Gasteiger partial charge on any atom is 0.410 e. The second-order valence-corrected chi connectivity index (χ2v) is 7.42. The predicted octanol–water partition coefficient (Wildman–Crippen LogP) is 2.37. The Kier molecular flexibility index (Phi) is 4.57. The summed E-state index contributed by atoms with van der Waals surface area (Å²) >= 11 is 0. The van der Waals surface area contributed by atoms with Gasteiger partial charge in [0.05, 0.1) is 6.61 Å². The van der Waals surface area contributed by atoms with Crippen molar-refractivity contribution in [2.45, 2.75) is 51.6 Å². The van der Waals surface area contributed by atoms with Gasteiger partial charge in [-0.3, -0.25) is 0 Å². The summed E-state index contributed by atoms with van der Waals surface area (Å²) in [4.78, 5) is 18.1. The number of ether oxygens (including phenoxy) is 2. The first-order chi connectivity index (χ1) is 10.9. The van der Waals surface area contributed by atoms with Gasteiger partial charge in [-0.05, 0) is 33.6 Å². The highest BCUT2D eigenvalue weighted by molar-refractivity contribution is 5.69. The monoisotopic (exact) mass is 323 g/mol. The first-order valence-corrected chi connectivity index (χ1v) is 8.29. The molecule has 3 rings (SSSR count). The molecule has 23 heavy (non-hydrogen) atoms. The molecule has 1 aromatic rings. The molecule has 3 heterocycles. The van der Waals surface area contributed by atoms with Crippen LogP contribution in [0.2, 0.25) is 0 Å². The molecule has 2 aliphatic rings. The molecule has 1 amide bonds. The number of likely N-dealkylation sites (tertiary alicyclic amines) is 1. The summed E-state index contributed by atoms with van der Waals surface area (Å²) in [5, 5.41) is 4.08. The number of amides is 1. The van der Waals surface area contributed by atoms with E-state index in [1.54, 1.807) is 4.90 Å². The zero-order valence-corrected chi connectivity index (χ0v) is 14.1. The van der Waals surface area contributed by atoms with E-state index in [1.165, 1.54) is 0 Å². The minimum Gasteiger partial charge on any atom is -0.444 e. The first-order valence-electron chi connectivity index (χ1n) is 8.29. The minimum absolute atomic E-state index is 0.251. The summed E-state index contributed by atoms with van der Waals surface area (Å²) in [6, 6.07) is 0. The summed E-state index contributed by atoms with van der Waals surface area (Å²) in [6.45, 7) is 8.47. The second kappa shape index (κ2) is 6.47. The van der Waals surface area contributed by atoms with Gasteiger partial charge >= 0.3 is 6.09 Å². The van der Waals surface area contributed by atoms with E-state index in [9.17, 15) is 4.79 Å². The molecule has 0 radical (unpaired) electrons. The summed E-state index contributed by atoms with van der Waals surface area (Å²) < 4.78 is 16.2. The van der Waals surface area contributed by atoms with E-state index >= 15 is 0 Å². The van der Waals surface area contributed by atoms with Crippen LogP contribution in [-0.4, -0.2) is 53.0 Å². The third-order valence-corrected chi connectivity index (χ3v) is 4.08. The highest BCUT2D eigenvalue weighted by Crippen LogP contribution is 2.25. The van der Waals surface area contributed by atoms with Crippen molar-refractivity contribution in [1.29, 1.82) is 0 Å². The molecule has 7 nitrogen and oxygen atoms in total. The van der Waals surface area contributed by atoms with Crippen LogP contribution in [0.4, 0.5) is 4.79 Å². The molecule has 0 saturated carbocycles. The summed E-state index contributed by atoms with van der Waals surface area (Å²) in [6.07, 6.45) is 2.55. The van der Waals surface area contributed by atoms with E-state index in [-0.39, 0.29) is 12.0 Å². The van der Waals surface area contributed by atoms with Crippen LogP contribution in [0.5, 0.6) is 0 Å². The summed E-state index contributed by atoms with van der Waals surface area (Å²) in [7, 11) is 0. The quantitative estimate of drug-likeness (QED) is 0.850. The zero-order valence-electron chi connectivity index (χ0n) is 14.1. The molecule has 0 bridgehead atoms. The van der Waals surface area contributed by atoms with Gasteiger partial charge in [-0.1, -0.05) is 5.16 Å². The van der Waals surface area contributed by atoms with Crippen molar-refractivity contribution in [3.63, 3.8) is 0 Å². The van der Waals surface area contributed by atoms with Crippen molar-refractivity contribution in [2.24, 2.45) is 5.92 Å². The lowest BCUT2D eigenvalue weighted by Gasteiger charge is -2.39. The number of aromatic nitrogens is 2. The first kappa shape index (κ1) is 16.2. The molecule has 2 saturated heterocycles. The lowest BCUT2D eigenvalue weighted by Crippen LogP contribution is -2.52. The van der Waals surface area contributed by atoms with Crippen LogP contribution in [0.25, 0.3) is 0 Å². The molecule has 0 N–H and O–H groups in total. The number of carbonyl (C=O) groups excluding carboxylic acids is 1. The van der Waals surface area contributed by atoms with E-state index in [2.05, 4.69) is 10.1 Å². The molecule has 0 spiro atoms. The summed E-state index contributed by atoms with van der Waals surface area (Å²) in [5.41, 5.74) is -0.453. The van der Waals surface area contributed by atoms with Crippen molar-refractivity contribution in [1.82, 2.24) is 15.0 Å². The molecule has 1 atom stereocenters. The van der Waals surface area contributed by atoms with Crippen LogP contribution in [0.15, 0.2) is 4.52 Å². The Bertz CT molecular complexity index is 540. The van der Waals surface area contributed by atoms with Crippen molar-refractivity contribution in [2.75, 3.05) is 26.3 Å². The average molecular weight is 323 g/mol. The van der Waals surface area contributed by atoms with Crippen molar-refractivity contribution in [3.8, 4) is 0 Å². The van der Waals surface area contributed by atoms with Crippen LogP contribution in [0.3, 0.4) is 0 Å². The van der Waals surface area contributed by atoms with Crippen molar-refractivity contribution < 1.29 is 18.8 Å². The van der Waals surface area contributed by atoms with Crippen LogP contribution >= 0.6 is 0 Å². The fourth-order valence-electron chi connectivity index (χ4n) is 2.88. The van der Waals surface area contributed by atoms with Crippen LogP contribution in [0.1, 0.15) is 51.2 Å². The van der Waals surface area contributed by atoms with Gasteiger partial charge in [-0.2, -0.15) is 4.98 Å². The van der Waals surface area contributed by atoms with Gasteiger partial charge in [-0.25, -0.2) is 4.79 Å². The smallest absolute Gasteiger partial charge is 0.410 e. The predicted molar refractivity (Wildman–Crippen MR) is 82.1 cm³/mol. The van der Waals surface area contributed by atoms with Crippen molar-refractivity contribution >= 4 is 6.09 Å². The van der Waals surface area contributed by atoms with Crippen LogP contribution in [0, 0.1) is 5.92 Å². The molecular formula is C16H25N3O4. The van der Waals surface area contributed by atoms with Gasteiger partial charge in [-0.15, -0.1) is 0 Å². The van der Waals surface area contributed by atoms with E-state index in [0.717, 1.165) is 25.3 Å². The average Bonchev–Trinajstić information content (AvgIpc) is 2.90. The van der Waals surface area contributed by atoms with Crippen LogP contribution < -0.4 is 0 Å². The lowest BCUT2D eigenvalue weighted by atomic mass is 9.97. The topological polar surface area (TPSA) is 77.7 Å². The third-order valence-electron chi connectivity index (χ3n) is 4.08. The Morgan fingerprint density at radius 2 is 2.17 bits per heavy atom. The number of rotatable bonds is 3. The maximum absolute atomic E-state index is 11.9. The Morgan fingerprint density at radius 3 is 2.83 bits per heavy atom. The highest BCUT2D eigenvalue weighted by atomic mass is 16.6. The lowest BCUT2D eigenvalue weighted by molar-refractivity contribution is -0.00187. The Hall–Kier alpha value is -1.63. The fourth-order valence-corrected chi connectivity index (χ4v) is 2.88. The van der Waals surface area contributed by atoms with E-state index in [0.29, 0.717) is 37.9 Å². The Balaban J connectivity index is 1.45. The molecular weight excluding hydrogens is 298 g/mol. The molecule has 0 aliphatic carbocycles. The normalized spacial score (nSPS) is 22.7. The molecule has 2 aliphatic heterocycles. The van der Waals surface area contributed by atoms with Gasteiger partial charge in [0.1, 0.15) is 5.60 Å². The van der Waals surface area contributed by atoms with Crippen LogP contribution in [-0.2, 0) is 15.9 Å². The van der Waals surface area contributed by atoms with Gasteiger partial charge in [0.25, 0.3) is 0 Å². The largest absolute Gasteiger partial charge is 0.444 e. The second-order valence-electron chi connectivity index (χ2n) is 7.42. The Morgan fingerprint density at radius 1 is 1.39 bits per heavy atom. The number of hydrogen-bond donors (Lipinski definition) is 0. The molecule has 2 fully saturated rings. The molecule has 7 heteroatoms. The van der Waals surface area contributed by atoms with E-state index < -0.39 is 5.60 Å². The standard InChI is InChI=1S/C16H25N3O4/c1-16(2,3)22-15(20)19-8-11(9-19)7-13-17-14(18-23-13)12-5-4-6-21-10-12/h11-12H,4-10H2,1-3H3. The van der Waals surface area contributed by atoms with E-state index in [1.807, 2.05) is 20.8 Å². The van der Waals surface area contributed by atoms with Crippen molar-refractivity contribution in [3.05, 3.63) is 11.7 Å². The SMILES string of the molecule is CC(C)(C)OC(=O)N1CC(Cc2nc(C3CCCOC3)no2)C1. The Labute approximate surface area is 136 Å².